The van der Waals surface area contributed by atoms with Crippen LogP contribution in [0.4, 0.5) is 0 Å². The Hall–Kier alpha value is -1.76. The molecule has 0 radical (unpaired) electrons. The molecule has 2 aromatic rings. The lowest BCUT2D eigenvalue weighted by Gasteiger charge is -2.30. The van der Waals surface area contributed by atoms with Gasteiger partial charge in [0.15, 0.2) is 0 Å². The van der Waals surface area contributed by atoms with Gasteiger partial charge < -0.3 is 4.74 Å². The number of benzene rings is 2. The fourth-order valence-electron chi connectivity index (χ4n) is 3.12. The SMILES string of the molecule is CCC(C)(CC)c1ccc(C(C)(C)c2ccc(OC)cc2)cc1. The number of methoxy groups -OCH3 is 1. The lowest BCUT2D eigenvalue weighted by molar-refractivity contribution is 0.414. The van der Waals surface area contributed by atoms with Gasteiger partial charge in [-0.1, -0.05) is 71.0 Å². The van der Waals surface area contributed by atoms with Crippen molar-refractivity contribution in [1.29, 1.82) is 0 Å². The summed E-state index contributed by atoms with van der Waals surface area (Å²) in [6.45, 7) is 11.5. The molecule has 2 rings (SSSR count). The van der Waals surface area contributed by atoms with Crippen molar-refractivity contribution >= 4 is 0 Å². The molecule has 0 heterocycles. The van der Waals surface area contributed by atoms with Crippen LogP contribution < -0.4 is 4.74 Å². The third-order valence-electron chi connectivity index (χ3n) is 5.68. The second-order valence-electron chi connectivity index (χ2n) is 7.20. The highest BCUT2D eigenvalue weighted by Gasteiger charge is 2.26. The molecule has 0 spiro atoms. The molecule has 23 heavy (non-hydrogen) atoms. The minimum atomic E-state index is -0.0143. The Kier molecular flexibility index (Phi) is 5.19. The molecule has 124 valence electrons. The largest absolute Gasteiger partial charge is 0.497 e. The van der Waals surface area contributed by atoms with Crippen molar-refractivity contribution in [2.24, 2.45) is 0 Å². The Bertz CT molecular complexity index is 616. The van der Waals surface area contributed by atoms with Gasteiger partial charge >= 0.3 is 0 Å². The molecule has 0 unspecified atom stereocenters. The minimum Gasteiger partial charge on any atom is -0.497 e. The van der Waals surface area contributed by atoms with Crippen LogP contribution in [0.5, 0.6) is 5.75 Å². The average Bonchev–Trinajstić information content (AvgIpc) is 2.61. The monoisotopic (exact) mass is 310 g/mol. The molecular formula is C22H30O. The van der Waals surface area contributed by atoms with Gasteiger partial charge in [-0.3, -0.25) is 0 Å². The molecule has 1 nitrogen and oxygen atoms in total. The molecule has 0 aliphatic carbocycles. The van der Waals surface area contributed by atoms with Crippen LogP contribution in [-0.2, 0) is 10.8 Å². The first kappa shape index (κ1) is 17.6. The van der Waals surface area contributed by atoms with E-state index < -0.39 is 0 Å². The Morgan fingerprint density at radius 1 is 0.696 bits per heavy atom. The van der Waals surface area contributed by atoms with Crippen molar-refractivity contribution in [2.75, 3.05) is 7.11 Å². The molecule has 2 aromatic carbocycles. The molecule has 0 bridgehead atoms. The van der Waals surface area contributed by atoms with Crippen LogP contribution in [0.3, 0.4) is 0 Å². The minimum absolute atomic E-state index is 0.0143. The van der Waals surface area contributed by atoms with Crippen LogP contribution >= 0.6 is 0 Å². The predicted molar refractivity (Wildman–Crippen MR) is 99.5 cm³/mol. The summed E-state index contributed by atoms with van der Waals surface area (Å²) in [4.78, 5) is 0. The van der Waals surface area contributed by atoms with E-state index in [1.165, 1.54) is 29.5 Å². The summed E-state index contributed by atoms with van der Waals surface area (Å²) in [5.74, 6) is 0.904. The summed E-state index contributed by atoms with van der Waals surface area (Å²) >= 11 is 0. The lowest BCUT2D eigenvalue weighted by Crippen LogP contribution is -2.21. The highest BCUT2D eigenvalue weighted by Crippen LogP contribution is 2.35. The number of hydrogen-bond acceptors (Lipinski definition) is 1. The van der Waals surface area contributed by atoms with Gasteiger partial charge in [0.25, 0.3) is 0 Å². The molecule has 0 aliphatic heterocycles. The standard InChI is InChI=1S/C22H30O/c1-7-22(5,8-2)19-11-9-17(10-12-19)21(3,4)18-13-15-20(23-6)16-14-18/h9-16H,7-8H2,1-6H3. The molecule has 0 saturated heterocycles. The molecular weight excluding hydrogens is 280 g/mol. The second kappa shape index (κ2) is 6.78. The summed E-state index contributed by atoms with van der Waals surface area (Å²) in [5.41, 5.74) is 4.36. The number of rotatable bonds is 6. The van der Waals surface area contributed by atoms with Crippen molar-refractivity contribution in [2.45, 2.75) is 58.3 Å². The molecule has 0 saturated carbocycles. The third-order valence-corrected chi connectivity index (χ3v) is 5.68. The van der Waals surface area contributed by atoms with Gasteiger partial charge in [0.2, 0.25) is 0 Å². The first-order chi connectivity index (χ1) is 10.9. The Morgan fingerprint density at radius 3 is 1.48 bits per heavy atom. The van der Waals surface area contributed by atoms with E-state index >= 15 is 0 Å². The van der Waals surface area contributed by atoms with Crippen molar-refractivity contribution in [1.82, 2.24) is 0 Å². The van der Waals surface area contributed by atoms with Crippen LogP contribution in [-0.4, -0.2) is 7.11 Å². The second-order valence-corrected chi connectivity index (χ2v) is 7.20. The summed E-state index contributed by atoms with van der Waals surface area (Å²) in [6.07, 6.45) is 2.34. The maximum atomic E-state index is 5.27. The van der Waals surface area contributed by atoms with Gasteiger partial charge in [0.05, 0.1) is 7.11 Å². The Balaban J connectivity index is 2.33. The molecule has 0 N–H and O–H groups in total. The zero-order valence-corrected chi connectivity index (χ0v) is 15.4. The zero-order chi connectivity index (χ0) is 17.1. The maximum Gasteiger partial charge on any atom is 0.118 e. The zero-order valence-electron chi connectivity index (χ0n) is 15.4. The van der Waals surface area contributed by atoms with Crippen molar-refractivity contribution in [3.05, 3.63) is 65.2 Å². The van der Waals surface area contributed by atoms with E-state index in [1.54, 1.807) is 7.11 Å². The predicted octanol–water partition coefficient (Wildman–Crippen LogP) is 6.10. The first-order valence-electron chi connectivity index (χ1n) is 8.63. The van der Waals surface area contributed by atoms with Crippen LogP contribution in [0.15, 0.2) is 48.5 Å². The summed E-state index contributed by atoms with van der Waals surface area (Å²) in [6, 6.07) is 17.6. The van der Waals surface area contributed by atoms with E-state index in [0.29, 0.717) is 0 Å². The van der Waals surface area contributed by atoms with E-state index in [9.17, 15) is 0 Å². The molecule has 0 aromatic heterocycles. The Labute approximate surface area is 141 Å². The van der Waals surface area contributed by atoms with Gasteiger partial charge in [-0.2, -0.15) is 0 Å². The van der Waals surface area contributed by atoms with Gasteiger partial charge in [0.1, 0.15) is 5.75 Å². The first-order valence-corrected chi connectivity index (χ1v) is 8.63. The van der Waals surface area contributed by atoms with Gasteiger partial charge in [-0.25, -0.2) is 0 Å². The van der Waals surface area contributed by atoms with Crippen LogP contribution in [0.2, 0.25) is 0 Å². The molecule has 0 atom stereocenters. The molecule has 0 fully saturated rings. The van der Waals surface area contributed by atoms with Gasteiger partial charge in [-0.15, -0.1) is 0 Å². The average molecular weight is 310 g/mol. The molecule has 0 aliphatic rings. The van der Waals surface area contributed by atoms with E-state index in [4.69, 9.17) is 4.74 Å². The highest BCUT2D eigenvalue weighted by atomic mass is 16.5. The summed E-state index contributed by atoms with van der Waals surface area (Å²) < 4.78 is 5.27. The van der Waals surface area contributed by atoms with E-state index in [0.717, 1.165) is 5.75 Å². The van der Waals surface area contributed by atoms with Gasteiger partial charge in [0, 0.05) is 5.41 Å². The van der Waals surface area contributed by atoms with Crippen LogP contribution in [0.25, 0.3) is 0 Å². The Morgan fingerprint density at radius 2 is 1.09 bits per heavy atom. The van der Waals surface area contributed by atoms with E-state index in [-0.39, 0.29) is 10.8 Å². The molecule has 0 amide bonds. The van der Waals surface area contributed by atoms with Crippen molar-refractivity contribution in [3.8, 4) is 5.75 Å². The van der Waals surface area contributed by atoms with Crippen LogP contribution in [0.1, 0.15) is 64.2 Å². The fraction of sp³-hybridized carbons (Fsp3) is 0.455. The van der Waals surface area contributed by atoms with Gasteiger partial charge in [-0.05, 0) is 47.1 Å². The third kappa shape index (κ3) is 3.44. The maximum absolute atomic E-state index is 5.27. The quantitative estimate of drug-likeness (QED) is 0.626. The normalized spacial score (nSPS) is 12.3. The molecule has 1 heteroatoms. The van der Waals surface area contributed by atoms with Crippen molar-refractivity contribution in [3.63, 3.8) is 0 Å². The lowest BCUT2D eigenvalue weighted by atomic mass is 9.74. The summed E-state index contributed by atoms with van der Waals surface area (Å²) in [5, 5.41) is 0. The fourth-order valence-corrected chi connectivity index (χ4v) is 3.12. The summed E-state index contributed by atoms with van der Waals surface area (Å²) in [7, 11) is 1.71. The smallest absolute Gasteiger partial charge is 0.118 e. The number of hydrogen-bond donors (Lipinski definition) is 0. The highest BCUT2D eigenvalue weighted by molar-refractivity contribution is 5.41. The number of ether oxygens (including phenoxy) is 1. The van der Waals surface area contributed by atoms with Crippen molar-refractivity contribution < 1.29 is 4.74 Å². The topological polar surface area (TPSA) is 9.23 Å². The van der Waals surface area contributed by atoms with E-state index in [2.05, 4.69) is 71.0 Å². The van der Waals surface area contributed by atoms with Crippen LogP contribution in [0, 0.1) is 0 Å². The van der Waals surface area contributed by atoms with E-state index in [1.807, 2.05) is 12.1 Å².